The van der Waals surface area contributed by atoms with E-state index >= 15 is 0 Å². The minimum Gasteiger partial charge on any atom is -0.397 e. The number of rotatable bonds is 3. The van der Waals surface area contributed by atoms with Crippen molar-refractivity contribution in [2.24, 2.45) is 0 Å². The van der Waals surface area contributed by atoms with E-state index in [2.05, 4.69) is 4.57 Å². The summed E-state index contributed by atoms with van der Waals surface area (Å²) in [6.45, 7) is 1.54. The Morgan fingerprint density at radius 1 is 1.32 bits per heavy atom. The fourth-order valence-corrected chi connectivity index (χ4v) is 2.78. The van der Waals surface area contributed by atoms with Crippen molar-refractivity contribution < 1.29 is 9.53 Å². The number of likely N-dealkylation sites (tertiary alicyclic amines) is 1. The molecule has 2 fully saturated rings. The van der Waals surface area contributed by atoms with Crippen LogP contribution < -0.4 is 5.73 Å². The zero-order valence-corrected chi connectivity index (χ0v) is 11.3. The Bertz CT molecular complexity index is 471. The third-order valence-electron chi connectivity index (χ3n) is 4.09. The number of hydrogen-bond donors (Lipinski definition) is 1. The van der Waals surface area contributed by atoms with E-state index in [0.29, 0.717) is 17.8 Å². The van der Waals surface area contributed by atoms with Gasteiger partial charge in [0.05, 0.1) is 11.8 Å². The molecule has 2 aliphatic rings. The molecule has 19 heavy (non-hydrogen) atoms. The van der Waals surface area contributed by atoms with Crippen molar-refractivity contribution in [3.05, 3.63) is 18.0 Å². The maximum Gasteiger partial charge on any atom is 0.270 e. The fraction of sp³-hybridized carbons (Fsp3) is 0.643. The number of nitrogens with two attached hydrogens (primary N) is 1. The van der Waals surface area contributed by atoms with Crippen LogP contribution in [0.4, 0.5) is 5.69 Å². The number of aromatic nitrogens is 1. The summed E-state index contributed by atoms with van der Waals surface area (Å²) in [4.78, 5) is 14.5. The summed E-state index contributed by atoms with van der Waals surface area (Å²) < 4.78 is 7.39. The number of nitrogens with zero attached hydrogens (tertiary/aromatic N) is 2. The first kappa shape index (κ1) is 12.5. The van der Waals surface area contributed by atoms with Gasteiger partial charge in [-0.1, -0.05) is 0 Å². The van der Waals surface area contributed by atoms with Crippen molar-refractivity contribution in [2.75, 3.05) is 25.9 Å². The Balaban J connectivity index is 1.73. The van der Waals surface area contributed by atoms with E-state index in [9.17, 15) is 4.79 Å². The van der Waals surface area contributed by atoms with Gasteiger partial charge < -0.3 is 19.9 Å². The largest absolute Gasteiger partial charge is 0.397 e. The van der Waals surface area contributed by atoms with Crippen molar-refractivity contribution >= 4 is 11.6 Å². The maximum atomic E-state index is 12.6. The molecule has 5 nitrogen and oxygen atoms in total. The summed E-state index contributed by atoms with van der Waals surface area (Å²) in [5.74, 6) is 0.109. The van der Waals surface area contributed by atoms with Gasteiger partial charge in [0, 0.05) is 32.4 Å². The second-order valence-corrected chi connectivity index (χ2v) is 5.52. The molecular formula is C14H21N3O2. The quantitative estimate of drug-likeness (QED) is 0.902. The number of methoxy groups -OCH3 is 1. The molecule has 0 atom stereocenters. The van der Waals surface area contributed by atoms with Gasteiger partial charge in [-0.05, 0) is 31.7 Å². The molecule has 0 radical (unpaired) electrons. The van der Waals surface area contributed by atoms with Crippen LogP contribution in [0.25, 0.3) is 0 Å². The number of nitrogen functional groups attached to an aromatic ring is 1. The Morgan fingerprint density at radius 3 is 2.58 bits per heavy atom. The molecule has 0 aromatic carbocycles. The summed E-state index contributed by atoms with van der Waals surface area (Å²) in [5.41, 5.74) is 7.27. The van der Waals surface area contributed by atoms with Gasteiger partial charge in [-0.3, -0.25) is 4.79 Å². The van der Waals surface area contributed by atoms with Crippen LogP contribution >= 0.6 is 0 Å². The van der Waals surface area contributed by atoms with Crippen molar-refractivity contribution in [1.82, 2.24) is 9.47 Å². The third-order valence-corrected chi connectivity index (χ3v) is 4.09. The van der Waals surface area contributed by atoms with Gasteiger partial charge in [-0.2, -0.15) is 0 Å². The average molecular weight is 263 g/mol. The molecule has 0 bridgehead atoms. The molecule has 2 heterocycles. The molecule has 1 aromatic rings. The maximum absolute atomic E-state index is 12.6. The van der Waals surface area contributed by atoms with Crippen LogP contribution in [-0.2, 0) is 4.74 Å². The molecule has 2 N–H and O–H groups in total. The molecular weight excluding hydrogens is 242 g/mol. The van der Waals surface area contributed by atoms with E-state index in [1.165, 1.54) is 0 Å². The molecule has 5 heteroatoms. The van der Waals surface area contributed by atoms with Gasteiger partial charge in [0.25, 0.3) is 5.91 Å². The minimum atomic E-state index is 0.109. The van der Waals surface area contributed by atoms with Crippen LogP contribution in [0.15, 0.2) is 12.3 Å². The van der Waals surface area contributed by atoms with Crippen LogP contribution in [0.2, 0.25) is 0 Å². The molecule has 1 aromatic heterocycles. The van der Waals surface area contributed by atoms with Crippen molar-refractivity contribution in [1.29, 1.82) is 0 Å². The van der Waals surface area contributed by atoms with Gasteiger partial charge >= 0.3 is 0 Å². The first-order chi connectivity index (χ1) is 9.19. The summed E-state index contributed by atoms with van der Waals surface area (Å²) in [6.07, 6.45) is 6.33. The highest BCUT2D eigenvalue weighted by Gasteiger charge is 2.30. The highest BCUT2D eigenvalue weighted by molar-refractivity contribution is 5.94. The number of hydrogen-bond acceptors (Lipinski definition) is 3. The number of anilines is 1. The summed E-state index contributed by atoms with van der Waals surface area (Å²) >= 11 is 0. The van der Waals surface area contributed by atoms with E-state index in [1.807, 2.05) is 17.2 Å². The van der Waals surface area contributed by atoms with E-state index in [-0.39, 0.29) is 5.91 Å². The first-order valence-electron chi connectivity index (χ1n) is 6.98. The number of carbonyl (C=O) groups excluding carboxylic acids is 1. The minimum absolute atomic E-state index is 0.109. The van der Waals surface area contributed by atoms with E-state index in [0.717, 1.165) is 44.5 Å². The summed E-state index contributed by atoms with van der Waals surface area (Å²) in [6, 6.07) is 2.29. The fourth-order valence-electron chi connectivity index (χ4n) is 2.78. The van der Waals surface area contributed by atoms with Crippen molar-refractivity contribution in [3.63, 3.8) is 0 Å². The molecule has 0 spiro atoms. The van der Waals surface area contributed by atoms with Crippen LogP contribution in [-0.4, -0.2) is 41.7 Å². The lowest BCUT2D eigenvalue weighted by Gasteiger charge is -2.31. The average Bonchev–Trinajstić information content (AvgIpc) is 3.21. The SMILES string of the molecule is COC1CCN(C(=O)c2cc(N)cn2C2CC2)CC1. The van der Waals surface area contributed by atoms with E-state index in [4.69, 9.17) is 10.5 Å². The summed E-state index contributed by atoms with van der Waals surface area (Å²) in [7, 11) is 1.74. The molecule has 104 valence electrons. The topological polar surface area (TPSA) is 60.5 Å². The Morgan fingerprint density at radius 2 is 2.00 bits per heavy atom. The summed E-state index contributed by atoms with van der Waals surface area (Å²) in [5, 5.41) is 0. The molecule has 1 saturated heterocycles. The highest BCUT2D eigenvalue weighted by atomic mass is 16.5. The lowest BCUT2D eigenvalue weighted by atomic mass is 10.1. The van der Waals surface area contributed by atoms with Gasteiger partial charge in [-0.25, -0.2) is 0 Å². The number of amides is 1. The van der Waals surface area contributed by atoms with Gasteiger partial charge in [0.15, 0.2) is 0 Å². The lowest BCUT2D eigenvalue weighted by Crippen LogP contribution is -2.41. The van der Waals surface area contributed by atoms with Gasteiger partial charge in [0.2, 0.25) is 0 Å². The first-order valence-corrected chi connectivity index (χ1v) is 6.98. The second-order valence-electron chi connectivity index (χ2n) is 5.52. The standard InChI is InChI=1S/C14H21N3O2/c1-19-12-4-6-16(7-5-12)14(18)13-8-10(15)9-17(13)11-2-3-11/h8-9,11-12H,2-7,15H2,1H3. The van der Waals surface area contributed by atoms with E-state index < -0.39 is 0 Å². The smallest absolute Gasteiger partial charge is 0.270 e. The van der Waals surface area contributed by atoms with E-state index in [1.54, 1.807) is 7.11 Å². The van der Waals surface area contributed by atoms with Crippen LogP contribution in [0.1, 0.15) is 42.2 Å². The second kappa shape index (κ2) is 4.89. The molecule has 1 saturated carbocycles. The molecule has 1 aliphatic carbocycles. The monoisotopic (exact) mass is 263 g/mol. The van der Waals surface area contributed by atoms with Gasteiger partial charge in [-0.15, -0.1) is 0 Å². The third kappa shape index (κ3) is 2.47. The predicted octanol–water partition coefficient (Wildman–Crippen LogP) is 1.66. The van der Waals surface area contributed by atoms with Crippen molar-refractivity contribution in [2.45, 2.75) is 37.8 Å². The van der Waals surface area contributed by atoms with Gasteiger partial charge in [0.1, 0.15) is 5.69 Å². The molecule has 1 amide bonds. The molecule has 3 rings (SSSR count). The highest BCUT2D eigenvalue weighted by Crippen LogP contribution is 2.37. The predicted molar refractivity (Wildman–Crippen MR) is 73.0 cm³/mol. The number of ether oxygens (including phenoxy) is 1. The lowest BCUT2D eigenvalue weighted by molar-refractivity contribution is 0.0345. The Kier molecular flexibility index (Phi) is 3.22. The zero-order chi connectivity index (χ0) is 13.4. The van der Waals surface area contributed by atoms with Crippen LogP contribution in [0, 0.1) is 0 Å². The van der Waals surface area contributed by atoms with Crippen LogP contribution in [0.5, 0.6) is 0 Å². The normalized spacial score (nSPS) is 20.8. The van der Waals surface area contributed by atoms with Crippen LogP contribution in [0.3, 0.4) is 0 Å². The van der Waals surface area contributed by atoms with Crippen molar-refractivity contribution in [3.8, 4) is 0 Å². The zero-order valence-electron chi connectivity index (χ0n) is 11.3. The number of carbonyl (C=O) groups is 1. The molecule has 1 aliphatic heterocycles. The molecule has 0 unspecified atom stereocenters. The Hall–Kier alpha value is -1.49. The number of piperidine rings is 1. The Labute approximate surface area is 113 Å².